The van der Waals surface area contributed by atoms with E-state index in [9.17, 15) is 19.1 Å². The standard InChI is InChI=1S/C8H17O5P/c1-8(2,7(9)13-3)5-4-6-14(10,11)12/h4-6H2,1-3H3,(H2,10,11,12)/p-2. The minimum absolute atomic E-state index is 0.187. The largest absolute Gasteiger partial charge is 0.811 e. The van der Waals surface area contributed by atoms with Crippen molar-refractivity contribution in [1.82, 2.24) is 0 Å². The second kappa shape index (κ2) is 4.91. The van der Waals surface area contributed by atoms with Crippen LogP contribution in [-0.4, -0.2) is 19.2 Å². The molecule has 5 nitrogen and oxygen atoms in total. The fourth-order valence-electron chi connectivity index (χ4n) is 1.09. The van der Waals surface area contributed by atoms with E-state index in [-0.39, 0.29) is 6.42 Å². The second-order valence-electron chi connectivity index (χ2n) is 3.81. The van der Waals surface area contributed by atoms with Crippen molar-refractivity contribution in [2.75, 3.05) is 13.3 Å². The fourth-order valence-corrected chi connectivity index (χ4v) is 1.64. The Kier molecular flexibility index (Phi) is 4.78. The molecule has 14 heavy (non-hydrogen) atoms. The number of carbonyl (C=O) groups is 1. The molecular weight excluding hydrogens is 207 g/mol. The molecule has 0 radical (unpaired) electrons. The number of hydrogen-bond donors (Lipinski definition) is 0. The summed E-state index contributed by atoms with van der Waals surface area (Å²) in [6, 6.07) is 0. The molecule has 0 fully saturated rings. The highest BCUT2D eigenvalue weighted by molar-refractivity contribution is 7.48. The number of carbonyl (C=O) groups excluding carboxylic acids is 1. The van der Waals surface area contributed by atoms with Crippen LogP contribution in [-0.2, 0) is 14.1 Å². The molecule has 0 aliphatic carbocycles. The van der Waals surface area contributed by atoms with E-state index in [1.54, 1.807) is 13.8 Å². The predicted molar refractivity (Wildman–Crippen MR) is 47.5 cm³/mol. The molecule has 0 bridgehead atoms. The first kappa shape index (κ1) is 13.6. The van der Waals surface area contributed by atoms with Crippen LogP contribution in [0.3, 0.4) is 0 Å². The van der Waals surface area contributed by atoms with E-state index < -0.39 is 25.1 Å². The number of hydrogen-bond acceptors (Lipinski definition) is 5. The van der Waals surface area contributed by atoms with Crippen molar-refractivity contribution in [3.63, 3.8) is 0 Å². The van der Waals surface area contributed by atoms with Gasteiger partial charge in [-0.3, -0.25) is 4.79 Å². The molecular formula is C8H15O5P-2. The summed E-state index contributed by atoms with van der Waals surface area (Å²) in [4.78, 5) is 31.8. The fraction of sp³-hybridized carbons (Fsp3) is 0.875. The van der Waals surface area contributed by atoms with E-state index in [2.05, 4.69) is 4.74 Å². The SMILES string of the molecule is COC(=O)C(C)(C)CCCP(=O)([O-])[O-]. The van der Waals surface area contributed by atoms with Crippen LogP contribution in [0.2, 0.25) is 0 Å². The Morgan fingerprint density at radius 1 is 1.43 bits per heavy atom. The van der Waals surface area contributed by atoms with Crippen LogP contribution in [0.4, 0.5) is 0 Å². The minimum atomic E-state index is -4.44. The van der Waals surface area contributed by atoms with Crippen LogP contribution in [0.25, 0.3) is 0 Å². The molecule has 0 saturated heterocycles. The van der Waals surface area contributed by atoms with Crippen LogP contribution in [0.5, 0.6) is 0 Å². The first-order valence-electron chi connectivity index (χ1n) is 4.28. The molecule has 0 saturated carbocycles. The van der Waals surface area contributed by atoms with E-state index in [0.29, 0.717) is 6.42 Å². The average Bonchev–Trinajstić information content (AvgIpc) is 2.00. The highest BCUT2D eigenvalue weighted by Crippen LogP contribution is 2.30. The van der Waals surface area contributed by atoms with Gasteiger partial charge in [0.2, 0.25) is 0 Å². The van der Waals surface area contributed by atoms with Gasteiger partial charge in [0.05, 0.1) is 12.5 Å². The molecule has 0 amide bonds. The van der Waals surface area contributed by atoms with Crippen molar-refractivity contribution in [3.05, 3.63) is 0 Å². The number of esters is 1. The van der Waals surface area contributed by atoms with Gasteiger partial charge in [0.15, 0.2) is 0 Å². The van der Waals surface area contributed by atoms with Crippen LogP contribution < -0.4 is 9.79 Å². The van der Waals surface area contributed by atoms with Gasteiger partial charge in [-0.05, 0) is 32.9 Å². The highest BCUT2D eigenvalue weighted by Gasteiger charge is 2.27. The van der Waals surface area contributed by atoms with Crippen LogP contribution >= 0.6 is 7.60 Å². The molecule has 0 N–H and O–H groups in total. The first-order valence-corrected chi connectivity index (χ1v) is 6.01. The first-order chi connectivity index (χ1) is 6.19. The summed E-state index contributed by atoms with van der Waals surface area (Å²) in [7, 11) is -3.17. The molecule has 84 valence electrons. The third-order valence-electron chi connectivity index (χ3n) is 1.97. The van der Waals surface area contributed by atoms with Crippen molar-refractivity contribution < 1.29 is 23.9 Å². The third-order valence-corrected chi connectivity index (χ3v) is 2.84. The molecule has 0 atom stereocenters. The van der Waals surface area contributed by atoms with Crippen molar-refractivity contribution in [2.24, 2.45) is 5.41 Å². The summed E-state index contributed by atoms with van der Waals surface area (Å²) >= 11 is 0. The molecule has 0 aromatic rings. The van der Waals surface area contributed by atoms with Crippen molar-refractivity contribution in [1.29, 1.82) is 0 Å². The Labute approximate surface area is 83.6 Å². The number of methoxy groups -OCH3 is 1. The summed E-state index contributed by atoms with van der Waals surface area (Å²) in [6.45, 7) is 3.30. The highest BCUT2D eigenvalue weighted by atomic mass is 31.2. The number of rotatable bonds is 5. The van der Waals surface area contributed by atoms with Gasteiger partial charge in [-0.25, -0.2) is 0 Å². The van der Waals surface area contributed by atoms with E-state index in [1.807, 2.05) is 0 Å². The maximum atomic E-state index is 11.1. The van der Waals surface area contributed by atoms with Crippen LogP contribution in [0.1, 0.15) is 26.7 Å². The Morgan fingerprint density at radius 3 is 2.29 bits per heavy atom. The summed E-state index contributed by atoms with van der Waals surface area (Å²) in [5, 5.41) is 0. The lowest BCUT2D eigenvalue weighted by atomic mass is 9.88. The number of ether oxygens (including phenoxy) is 1. The Hall–Kier alpha value is -0.380. The maximum absolute atomic E-state index is 11.1. The van der Waals surface area contributed by atoms with Crippen molar-refractivity contribution in [2.45, 2.75) is 26.7 Å². The summed E-state index contributed by atoms with van der Waals surface area (Å²) < 4.78 is 14.8. The molecule has 6 heteroatoms. The molecule has 0 unspecified atom stereocenters. The zero-order valence-electron chi connectivity index (χ0n) is 8.61. The topological polar surface area (TPSA) is 89.5 Å². The monoisotopic (exact) mass is 222 g/mol. The van der Waals surface area contributed by atoms with E-state index in [1.165, 1.54) is 7.11 Å². The van der Waals surface area contributed by atoms with Crippen molar-refractivity contribution >= 4 is 13.6 Å². The summed E-state index contributed by atoms with van der Waals surface area (Å²) in [5.74, 6) is -0.399. The van der Waals surface area contributed by atoms with Gasteiger partial charge in [-0.2, -0.15) is 0 Å². The van der Waals surface area contributed by atoms with Crippen LogP contribution in [0, 0.1) is 5.41 Å². The summed E-state index contributed by atoms with van der Waals surface area (Å²) in [6.07, 6.45) is 0.105. The van der Waals surface area contributed by atoms with E-state index in [0.717, 1.165) is 0 Å². The zero-order chi connectivity index (χ0) is 11.4. The van der Waals surface area contributed by atoms with Gasteiger partial charge in [0, 0.05) is 0 Å². The van der Waals surface area contributed by atoms with Gasteiger partial charge < -0.3 is 19.1 Å². The lowest BCUT2D eigenvalue weighted by Crippen LogP contribution is -2.26. The van der Waals surface area contributed by atoms with Gasteiger partial charge in [0.1, 0.15) is 0 Å². The van der Waals surface area contributed by atoms with Crippen molar-refractivity contribution in [3.8, 4) is 0 Å². The molecule has 0 spiro atoms. The molecule has 0 aliphatic rings. The Balaban J connectivity index is 4.01. The molecule has 0 aliphatic heterocycles. The maximum Gasteiger partial charge on any atom is 0.311 e. The minimum Gasteiger partial charge on any atom is -0.811 e. The lowest BCUT2D eigenvalue weighted by Gasteiger charge is -2.30. The zero-order valence-corrected chi connectivity index (χ0v) is 9.50. The van der Waals surface area contributed by atoms with E-state index in [4.69, 9.17) is 0 Å². The molecule has 0 aromatic carbocycles. The smallest absolute Gasteiger partial charge is 0.311 e. The molecule has 0 aromatic heterocycles. The van der Waals surface area contributed by atoms with Gasteiger partial charge in [-0.1, -0.05) is 7.60 Å². The quantitative estimate of drug-likeness (QED) is 0.477. The van der Waals surface area contributed by atoms with Gasteiger partial charge in [0.25, 0.3) is 0 Å². The third kappa shape index (κ3) is 5.37. The normalized spacial score (nSPS) is 12.6. The summed E-state index contributed by atoms with van der Waals surface area (Å²) in [5.41, 5.74) is -0.732. The second-order valence-corrected chi connectivity index (χ2v) is 5.48. The Bertz CT molecular complexity index is 242. The van der Waals surface area contributed by atoms with Gasteiger partial charge >= 0.3 is 5.97 Å². The van der Waals surface area contributed by atoms with E-state index >= 15 is 0 Å². The average molecular weight is 222 g/mol. The molecule has 0 rings (SSSR count). The predicted octanol–water partition coefficient (Wildman–Crippen LogP) is -0.121. The molecule has 0 heterocycles. The lowest BCUT2D eigenvalue weighted by molar-refractivity contribution is -0.313. The van der Waals surface area contributed by atoms with Gasteiger partial charge in [-0.15, -0.1) is 0 Å². The van der Waals surface area contributed by atoms with Crippen LogP contribution in [0.15, 0.2) is 0 Å². The Morgan fingerprint density at radius 2 is 1.93 bits per heavy atom.